The van der Waals surface area contributed by atoms with Gasteiger partial charge in [-0.2, -0.15) is 0 Å². The van der Waals surface area contributed by atoms with Crippen LogP contribution in [0.5, 0.6) is 0 Å². The number of hydrogen-bond acceptors (Lipinski definition) is 4. The lowest BCUT2D eigenvalue weighted by atomic mass is 10.0. The van der Waals surface area contributed by atoms with Crippen LogP contribution in [-0.2, 0) is 0 Å². The van der Waals surface area contributed by atoms with E-state index in [9.17, 15) is 4.79 Å². The Balaban J connectivity index is 1.81. The van der Waals surface area contributed by atoms with Crippen molar-refractivity contribution >= 4 is 16.9 Å². The minimum absolute atomic E-state index is 0.178. The van der Waals surface area contributed by atoms with Crippen LogP contribution in [0.1, 0.15) is 35.5 Å². The van der Waals surface area contributed by atoms with Crippen LogP contribution < -0.4 is 5.32 Å². The number of aromatic nitrogens is 1. The summed E-state index contributed by atoms with van der Waals surface area (Å²) in [6, 6.07) is 5.81. The maximum Gasteiger partial charge on any atom is 0.192 e. The van der Waals surface area contributed by atoms with Crippen molar-refractivity contribution in [1.82, 2.24) is 10.3 Å². The molecule has 1 atom stereocenters. The highest BCUT2D eigenvalue weighted by molar-refractivity contribution is 5.99. The van der Waals surface area contributed by atoms with Gasteiger partial charge in [0.25, 0.3) is 0 Å². The molecule has 4 heteroatoms. The lowest BCUT2D eigenvalue weighted by Crippen LogP contribution is -2.24. The third-order valence-electron chi connectivity index (χ3n) is 3.41. The van der Waals surface area contributed by atoms with E-state index in [1.165, 1.54) is 6.42 Å². The highest BCUT2D eigenvalue weighted by atomic mass is 16.3. The summed E-state index contributed by atoms with van der Waals surface area (Å²) in [7, 11) is 0. The molecule has 0 saturated carbocycles. The van der Waals surface area contributed by atoms with E-state index >= 15 is 0 Å². The van der Waals surface area contributed by atoms with Gasteiger partial charge in [0.1, 0.15) is 5.52 Å². The average Bonchev–Trinajstić information content (AvgIpc) is 2.95. The summed E-state index contributed by atoms with van der Waals surface area (Å²) in [6.07, 6.45) is 2.83. The quantitative estimate of drug-likeness (QED) is 0.843. The van der Waals surface area contributed by atoms with Gasteiger partial charge < -0.3 is 9.73 Å². The molecule has 0 aliphatic carbocycles. The fraction of sp³-hybridized carbons (Fsp3) is 0.429. The first-order valence-corrected chi connectivity index (χ1v) is 6.36. The summed E-state index contributed by atoms with van der Waals surface area (Å²) in [5, 5.41) is 3.34. The first-order chi connectivity index (χ1) is 8.72. The smallest absolute Gasteiger partial charge is 0.192 e. The highest BCUT2D eigenvalue weighted by Crippen LogP contribution is 2.19. The van der Waals surface area contributed by atoms with E-state index in [1.54, 1.807) is 0 Å². The van der Waals surface area contributed by atoms with Gasteiger partial charge in [0.2, 0.25) is 0 Å². The zero-order valence-electron chi connectivity index (χ0n) is 10.4. The molecule has 1 unspecified atom stereocenters. The Kier molecular flexibility index (Phi) is 2.88. The normalized spacial score (nSPS) is 19.5. The van der Waals surface area contributed by atoms with Crippen LogP contribution >= 0.6 is 0 Å². The van der Waals surface area contributed by atoms with Gasteiger partial charge in [-0.15, -0.1) is 0 Å². The number of rotatable bonds is 3. The predicted octanol–water partition coefficient (Wildman–Crippen LogP) is 2.46. The van der Waals surface area contributed by atoms with Crippen molar-refractivity contribution in [2.75, 3.05) is 6.54 Å². The molecule has 1 aliphatic rings. The molecule has 0 bridgehead atoms. The van der Waals surface area contributed by atoms with Gasteiger partial charge in [0.05, 0.1) is 0 Å². The Bertz CT molecular complexity index is 582. The highest BCUT2D eigenvalue weighted by Gasteiger charge is 2.19. The minimum Gasteiger partial charge on any atom is -0.441 e. The van der Waals surface area contributed by atoms with Gasteiger partial charge in [-0.1, -0.05) is 0 Å². The van der Waals surface area contributed by atoms with Gasteiger partial charge in [-0.3, -0.25) is 4.79 Å². The first-order valence-electron chi connectivity index (χ1n) is 6.36. The number of nitrogens with zero attached hydrogens (tertiary/aromatic N) is 1. The molecule has 2 aromatic rings. The van der Waals surface area contributed by atoms with Crippen LogP contribution in [0.4, 0.5) is 0 Å². The Morgan fingerprint density at radius 2 is 2.44 bits per heavy atom. The summed E-state index contributed by atoms with van der Waals surface area (Å²) >= 11 is 0. The van der Waals surface area contributed by atoms with Gasteiger partial charge in [-0.05, 0) is 37.6 Å². The summed E-state index contributed by atoms with van der Waals surface area (Å²) in [6.45, 7) is 2.84. The number of aryl methyl sites for hydroxylation is 1. The maximum atomic E-state index is 12.2. The van der Waals surface area contributed by atoms with Crippen LogP contribution in [0.15, 0.2) is 22.6 Å². The number of oxazole rings is 1. The van der Waals surface area contributed by atoms with Gasteiger partial charge in [0.15, 0.2) is 17.3 Å². The van der Waals surface area contributed by atoms with Crippen molar-refractivity contribution in [3.63, 3.8) is 0 Å². The van der Waals surface area contributed by atoms with Crippen molar-refractivity contribution in [1.29, 1.82) is 0 Å². The number of ketones is 1. The van der Waals surface area contributed by atoms with Crippen molar-refractivity contribution in [3.05, 3.63) is 29.7 Å². The fourth-order valence-corrected chi connectivity index (χ4v) is 2.49. The molecule has 4 nitrogen and oxygen atoms in total. The van der Waals surface area contributed by atoms with Gasteiger partial charge >= 0.3 is 0 Å². The second-order valence-corrected chi connectivity index (χ2v) is 4.84. The zero-order chi connectivity index (χ0) is 12.5. The molecule has 3 rings (SSSR count). The second kappa shape index (κ2) is 4.53. The predicted molar refractivity (Wildman–Crippen MR) is 68.7 cm³/mol. The lowest BCUT2D eigenvalue weighted by Gasteiger charge is -2.08. The number of carbonyl (C=O) groups is 1. The van der Waals surface area contributed by atoms with E-state index in [0.717, 1.165) is 29.6 Å². The Hall–Kier alpha value is -1.68. The van der Waals surface area contributed by atoms with Gasteiger partial charge in [-0.25, -0.2) is 4.98 Å². The fourth-order valence-electron chi connectivity index (χ4n) is 2.49. The molecule has 0 spiro atoms. The number of hydrogen-bond donors (Lipinski definition) is 1. The molecule has 2 heterocycles. The Morgan fingerprint density at radius 1 is 1.56 bits per heavy atom. The zero-order valence-corrected chi connectivity index (χ0v) is 10.4. The third-order valence-corrected chi connectivity index (χ3v) is 3.41. The summed E-state index contributed by atoms with van der Waals surface area (Å²) in [5.41, 5.74) is 2.23. The van der Waals surface area contributed by atoms with Crippen molar-refractivity contribution in [2.24, 2.45) is 0 Å². The summed E-state index contributed by atoms with van der Waals surface area (Å²) < 4.78 is 5.40. The molecule has 18 heavy (non-hydrogen) atoms. The Labute approximate surface area is 105 Å². The minimum atomic E-state index is 0.178. The topological polar surface area (TPSA) is 55.1 Å². The lowest BCUT2D eigenvalue weighted by molar-refractivity contribution is 0.0972. The van der Waals surface area contributed by atoms with Crippen molar-refractivity contribution in [3.8, 4) is 0 Å². The molecule has 0 radical (unpaired) electrons. The van der Waals surface area contributed by atoms with Crippen LogP contribution in [0, 0.1) is 6.92 Å². The number of fused-ring (bicyclic) bond motifs is 1. The molecule has 0 amide bonds. The molecular formula is C14H16N2O2. The van der Waals surface area contributed by atoms with Crippen molar-refractivity contribution in [2.45, 2.75) is 32.2 Å². The summed E-state index contributed by atoms with van der Waals surface area (Å²) in [4.78, 5) is 16.4. The van der Waals surface area contributed by atoms with Crippen LogP contribution in [0.25, 0.3) is 11.1 Å². The number of Topliss-reactive ketones (excluding diaryl/α,β-unsaturated/α-hetero) is 1. The summed E-state index contributed by atoms with van der Waals surface area (Å²) in [5.74, 6) is 0.809. The van der Waals surface area contributed by atoms with Crippen molar-refractivity contribution < 1.29 is 9.21 Å². The molecule has 1 aromatic carbocycles. The van der Waals surface area contributed by atoms with Crippen LogP contribution in [0.3, 0.4) is 0 Å². The molecule has 1 aliphatic heterocycles. The van der Waals surface area contributed by atoms with Gasteiger partial charge in [0, 0.05) is 24.9 Å². The third kappa shape index (κ3) is 2.16. The Morgan fingerprint density at radius 3 is 3.22 bits per heavy atom. The van der Waals surface area contributed by atoms with Crippen LogP contribution in [-0.4, -0.2) is 23.4 Å². The molecule has 94 valence electrons. The average molecular weight is 244 g/mol. The standard InChI is InChI=1S/C14H16N2O2/c1-9-16-12-7-10(4-5-14(12)18-9)13(17)8-11-3-2-6-15-11/h4-5,7,11,15H,2-3,6,8H2,1H3. The number of carbonyl (C=O) groups excluding carboxylic acids is 1. The van der Waals surface area contributed by atoms with E-state index in [1.807, 2.05) is 25.1 Å². The molecular weight excluding hydrogens is 228 g/mol. The van der Waals surface area contributed by atoms with E-state index < -0.39 is 0 Å². The maximum absolute atomic E-state index is 12.2. The monoisotopic (exact) mass is 244 g/mol. The van der Waals surface area contributed by atoms with E-state index in [-0.39, 0.29) is 5.78 Å². The number of nitrogens with one attached hydrogen (secondary N) is 1. The second-order valence-electron chi connectivity index (χ2n) is 4.84. The molecule has 1 fully saturated rings. The van der Waals surface area contributed by atoms with E-state index in [0.29, 0.717) is 18.4 Å². The SMILES string of the molecule is Cc1nc2cc(C(=O)CC3CCCN3)ccc2o1. The van der Waals surface area contributed by atoms with E-state index in [2.05, 4.69) is 10.3 Å². The van der Waals surface area contributed by atoms with Crippen LogP contribution in [0.2, 0.25) is 0 Å². The van der Waals surface area contributed by atoms with E-state index in [4.69, 9.17) is 4.42 Å². The largest absolute Gasteiger partial charge is 0.441 e. The molecule has 1 N–H and O–H groups in total. The first kappa shape index (κ1) is 11.4. The number of benzene rings is 1. The molecule has 1 aromatic heterocycles. The molecule has 1 saturated heterocycles.